The van der Waals surface area contributed by atoms with Crippen LogP contribution in [-0.2, 0) is 19.9 Å². The highest BCUT2D eigenvalue weighted by molar-refractivity contribution is 5.70. The van der Waals surface area contributed by atoms with Crippen molar-refractivity contribution in [1.29, 1.82) is 0 Å². The van der Waals surface area contributed by atoms with E-state index in [2.05, 4.69) is 26.0 Å². The quantitative estimate of drug-likeness (QED) is 0.710. The SMILES string of the molecule is CCC(C)(OCCC(C)(C)OC(=O)CCN)c1ccccc1. The molecule has 1 atom stereocenters. The lowest BCUT2D eigenvalue weighted by atomic mass is 9.93. The molecule has 4 nitrogen and oxygen atoms in total. The van der Waals surface area contributed by atoms with E-state index in [9.17, 15) is 4.79 Å². The Kier molecular flexibility index (Phi) is 7.04. The van der Waals surface area contributed by atoms with E-state index in [1.165, 1.54) is 0 Å². The molecular weight excluding hydrogens is 278 g/mol. The first-order chi connectivity index (χ1) is 10.3. The summed E-state index contributed by atoms with van der Waals surface area (Å²) < 4.78 is 11.6. The van der Waals surface area contributed by atoms with E-state index in [1.54, 1.807) is 0 Å². The van der Waals surface area contributed by atoms with Crippen LogP contribution in [0.1, 0.15) is 52.5 Å². The molecule has 4 heteroatoms. The molecule has 0 amide bonds. The van der Waals surface area contributed by atoms with Crippen LogP contribution >= 0.6 is 0 Å². The summed E-state index contributed by atoms with van der Waals surface area (Å²) in [6.07, 6.45) is 1.77. The Morgan fingerprint density at radius 1 is 1.18 bits per heavy atom. The first-order valence-corrected chi connectivity index (χ1v) is 7.94. The maximum Gasteiger partial charge on any atom is 0.307 e. The molecule has 1 unspecified atom stereocenters. The summed E-state index contributed by atoms with van der Waals surface area (Å²) in [5.74, 6) is -0.256. The van der Waals surface area contributed by atoms with E-state index in [1.807, 2.05) is 32.0 Å². The molecule has 0 saturated heterocycles. The summed E-state index contributed by atoms with van der Waals surface area (Å²) in [4.78, 5) is 11.6. The largest absolute Gasteiger partial charge is 0.460 e. The van der Waals surface area contributed by atoms with Gasteiger partial charge in [-0.2, -0.15) is 0 Å². The minimum atomic E-state index is -0.544. The smallest absolute Gasteiger partial charge is 0.307 e. The number of hydrogen-bond acceptors (Lipinski definition) is 4. The maximum absolute atomic E-state index is 11.6. The van der Waals surface area contributed by atoms with E-state index < -0.39 is 5.60 Å². The van der Waals surface area contributed by atoms with Crippen LogP contribution in [0.15, 0.2) is 30.3 Å². The van der Waals surface area contributed by atoms with Gasteiger partial charge >= 0.3 is 5.97 Å². The lowest BCUT2D eigenvalue weighted by molar-refractivity contribution is -0.159. The summed E-state index contributed by atoms with van der Waals surface area (Å²) in [6, 6.07) is 10.2. The zero-order valence-electron chi connectivity index (χ0n) is 14.2. The molecule has 0 aliphatic heterocycles. The Balaban J connectivity index is 2.55. The fourth-order valence-electron chi connectivity index (χ4n) is 2.23. The molecule has 124 valence electrons. The zero-order valence-corrected chi connectivity index (χ0v) is 14.2. The normalized spacial score (nSPS) is 14.4. The third-order valence-electron chi connectivity index (χ3n) is 3.92. The van der Waals surface area contributed by atoms with Crippen molar-refractivity contribution in [3.05, 3.63) is 35.9 Å². The molecule has 0 saturated carbocycles. The van der Waals surface area contributed by atoms with Gasteiger partial charge in [-0.25, -0.2) is 0 Å². The van der Waals surface area contributed by atoms with Gasteiger partial charge in [0.25, 0.3) is 0 Å². The molecule has 1 aromatic carbocycles. The van der Waals surface area contributed by atoms with Crippen LogP contribution in [-0.4, -0.2) is 24.7 Å². The fourth-order valence-corrected chi connectivity index (χ4v) is 2.23. The van der Waals surface area contributed by atoms with Gasteiger partial charge in [0.1, 0.15) is 5.60 Å². The van der Waals surface area contributed by atoms with Crippen LogP contribution in [0.4, 0.5) is 0 Å². The van der Waals surface area contributed by atoms with E-state index in [-0.39, 0.29) is 18.0 Å². The summed E-state index contributed by atoms with van der Waals surface area (Å²) in [5, 5.41) is 0. The van der Waals surface area contributed by atoms with Gasteiger partial charge in [-0.3, -0.25) is 4.79 Å². The molecule has 0 spiro atoms. The monoisotopic (exact) mass is 307 g/mol. The van der Waals surface area contributed by atoms with Crippen molar-refractivity contribution in [2.24, 2.45) is 5.73 Å². The number of esters is 1. The molecule has 0 heterocycles. The fraction of sp³-hybridized carbons (Fsp3) is 0.611. The number of ether oxygens (including phenoxy) is 2. The Hall–Kier alpha value is -1.39. The van der Waals surface area contributed by atoms with Crippen LogP contribution in [0.2, 0.25) is 0 Å². The summed E-state index contributed by atoms with van der Waals surface area (Å²) in [5.41, 5.74) is 5.66. The van der Waals surface area contributed by atoms with Crippen molar-refractivity contribution < 1.29 is 14.3 Å². The van der Waals surface area contributed by atoms with Gasteiger partial charge < -0.3 is 15.2 Å². The van der Waals surface area contributed by atoms with E-state index >= 15 is 0 Å². The molecule has 1 aromatic rings. The van der Waals surface area contributed by atoms with Crippen LogP contribution in [0.25, 0.3) is 0 Å². The third kappa shape index (κ3) is 5.78. The standard InChI is InChI=1S/C18H29NO3/c1-5-18(4,15-9-7-6-8-10-15)21-14-12-17(2,3)22-16(20)11-13-19/h6-10H,5,11-14,19H2,1-4H3. The number of carbonyl (C=O) groups excluding carboxylic acids is 1. The van der Waals surface area contributed by atoms with Crippen LogP contribution in [0.5, 0.6) is 0 Å². The average molecular weight is 307 g/mol. The molecule has 0 aliphatic rings. The van der Waals surface area contributed by atoms with Crippen LogP contribution < -0.4 is 5.73 Å². The van der Waals surface area contributed by atoms with Crippen molar-refractivity contribution in [1.82, 2.24) is 0 Å². The van der Waals surface area contributed by atoms with Crippen molar-refractivity contribution in [2.45, 2.75) is 58.2 Å². The van der Waals surface area contributed by atoms with E-state index in [0.717, 1.165) is 12.0 Å². The number of nitrogens with two attached hydrogens (primary N) is 1. The zero-order chi connectivity index (χ0) is 16.6. The topological polar surface area (TPSA) is 61.5 Å². The second kappa shape index (κ2) is 8.30. The van der Waals surface area contributed by atoms with Crippen molar-refractivity contribution in [3.63, 3.8) is 0 Å². The minimum Gasteiger partial charge on any atom is -0.460 e. The highest BCUT2D eigenvalue weighted by Crippen LogP contribution is 2.29. The van der Waals surface area contributed by atoms with Crippen molar-refractivity contribution in [3.8, 4) is 0 Å². The molecule has 0 aromatic heterocycles. The second-order valence-corrected chi connectivity index (χ2v) is 6.32. The Bertz CT molecular complexity index is 459. The lowest BCUT2D eigenvalue weighted by Crippen LogP contribution is -2.33. The molecular formula is C18H29NO3. The van der Waals surface area contributed by atoms with Gasteiger partial charge in [0.2, 0.25) is 0 Å². The Morgan fingerprint density at radius 3 is 2.36 bits per heavy atom. The number of carbonyl (C=O) groups is 1. The van der Waals surface area contributed by atoms with Gasteiger partial charge in [-0.15, -0.1) is 0 Å². The Labute approximate surface area is 134 Å². The van der Waals surface area contributed by atoms with Crippen LogP contribution in [0, 0.1) is 0 Å². The lowest BCUT2D eigenvalue weighted by Gasteiger charge is -2.32. The van der Waals surface area contributed by atoms with Gasteiger partial charge in [-0.1, -0.05) is 37.3 Å². The van der Waals surface area contributed by atoms with E-state index in [0.29, 0.717) is 19.6 Å². The maximum atomic E-state index is 11.6. The summed E-state index contributed by atoms with van der Waals surface area (Å²) in [6.45, 7) is 8.85. The van der Waals surface area contributed by atoms with Crippen molar-refractivity contribution >= 4 is 5.97 Å². The molecule has 0 radical (unpaired) electrons. The molecule has 22 heavy (non-hydrogen) atoms. The molecule has 0 aliphatic carbocycles. The average Bonchev–Trinajstić information content (AvgIpc) is 2.47. The van der Waals surface area contributed by atoms with E-state index in [4.69, 9.17) is 15.2 Å². The summed E-state index contributed by atoms with van der Waals surface area (Å²) in [7, 11) is 0. The first kappa shape index (κ1) is 18.7. The predicted molar refractivity (Wildman–Crippen MR) is 88.5 cm³/mol. The van der Waals surface area contributed by atoms with Gasteiger partial charge in [0.15, 0.2) is 0 Å². The third-order valence-corrected chi connectivity index (χ3v) is 3.92. The van der Waals surface area contributed by atoms with Crippen molar-refractivity contribution in [2.75, 3.05) is 13.2 Å². The second-order valence-electron chi connectivity index (χ2n) is 6.32. The number of rotatable bonds is 9. The highest BCUT2D eigenvalue weighted by atomic mass is 16.6. The number of benzene rings is 1. The molecule has 1 rings (SSSR count). The highest BCUT2D eigenvalue weighted by Gasteiger charge is 2.28. The minimum absolute atomic E-state index is 0.251. The molecule has 2 N–H and O–H groups in total. The van der Waals surface area contributed by atoms with Crippen LogP contribution in [0.3, 0.4) is 0 Å². The first-order valence-electron chi connectivity index (χ1n) is 7.94. The van der Waals surface area contributed by atoms with Gasteiger partial charge in [0, 0.05) is 13.0 Å². The van der Waals surface area contributed by atoms with Gasteiger partial charge in [0.05, 0.1) is 18.6 Å². The number of hydrogen-bond donors (Lipinski definition) is 1. The van der Waals surface area contributed by atoms with Gasteiger partial charge in [-0.05, 0) is 32.8 Å². The summed E-state index contributed by atoms with van der Waals surface area (Å²) >= 11 is 0. The Morgan fingerprint density at radius 2 is 1.82 bits per heavy atom. The molecule has 0 bridgehead atoms. The molecule has 0 fully saturated rings. The predicted octanol–water partition coefficient (Wildman–Crippen LogP) is 3.39.